The van der Waals surface area contributed by atoms with Crippen molar-refractivity contribution < 1.29 is 0 Å². The van der Waals surface area contributed by atoms with Crippen molar-refractivity contribution in [3.63, 3.8) is 0 Å². The van der Waals surface area contributed by atoms with Crippen LogP contribution >= 0.6 is 0 Å². The Bertz CT molecular complexity index is 187. The first-order valence-corrected chi connectivity index (χ1v) is 4.37. The number of allylic oxidation sites excluding steroid dienone is 1. The van der Waals surface area contributed by atoms with Gasteiger partial charge in [0.15, 0.2) is 0 Å². The number of nitrogens with one attached hydrogen (secondary N) is 1. The van der Waals surface area contributed by atoms with Crippen LogP contribution in [0.3, 0.4) is 0 Å². The molecular weight excluding hydrogens is 134 g/mol. The van der Waals surface area contributed by atoms with Gasteiger partial charge in [-0.05, 0) is 37.2 Å². The summed E-state index contributed by atoms with van der Waals surface area (Å²) in [6.45, 7) is 8.03. The van der Waals surface area contributed by atoms with Crippen molar-refractivity contribution in [1.29, 1.82) is 5.41 Å². The minimum atomic E-state index is 0.362. The van der Waals surface area contributed by atoms with Gasteiger partial charge in [-0.25, -0.2) is 0 Å². The lowest BCUT2D eigenvalue weighted by Crippen LogP contribution is -2.09. The summed E-state index contributed by atoms with van der Waals surface area (Å²) in [6, 6.07) is 0. The van der Waals surface area contributed by atoms with E-state index >= 15 is 0 Å². The molecule has 0 radical (unpaired) electrons. The first-order valence-electron chi connectivity index (χ1n) is 4.37. The SMILES string of the molecule is C=C(C(C)=N)C1(CCC)CC1. The Morgan fingerprint density at radius 3 is 2.36 bits per heavy atom. The van der Waals surface area contributed by atoms with Crippen LogP contribution in [0.4, 0.5) is 0 Å². The summed E-state index contributed by atoms with van der Waals surface area (Å²) in [6.07, 6.45) is 4.96. The van der Waals surface area contributed by atoms with E-state index in [1.165, 1.54) is 25.7 Å². The summed E-state index contributed by atoms with van der Waals surface area (Å²) in [5, 5.41) is 7.47. The standard InChI is InChI=1S/C10H17N/c1-4-5-10(6-7-10)8(2)9(3)11/h11H,2,4-7H2,1,3H3. The highest BCUT2D eigenvalue weighted by Gasteiger charge is 2.44. The largest absolute Gasteiger partial charge is 0.305 e. The normalized spacial score (nSPS) is 19.5. The molecular formula is C10H17N. The highest BCUT2D eigenvalue weighted by Crippen LogP contribution is 2.54. The Morgan fingerprint density at radius 1 is 1.55 bits per heavy atom. The zero-order valence-corrected chi connectivity index (χ0v) is 7.54. The predicted molar refractivity (Wildman–Crippen MR) is 49.1 cm³/mol. The molecule has 1 aliphatic rings. The zero-order chi connectivity index (χ0) is 8.48. The lowest BCUT2D eigenvalue weighted by atomic mass is 9.89. The van der Waals surface area contributed by atoms with E-state index in [1.54, 1.807) is 0 Å². The highest BCUT2D eigenvalue weighted by molar-refractivity contribution is 5.96. The van der Waals surface area contributed by atoms with Crippen molar-refractivity contribution in [2.24, 2.45) is 5.41 Å². The van der Waals surface area contributed by atoms with Crippen molar-refractivity contribution >= 4 is 5.71 Å². The molecule has 0 unspecified atom stereocenters. The van der Waals surface area contributed by atoms with Crippen LogP contribution in [0.25, 0.3) is 0 Å². The van der Waals surface area contributed by atoms with E-state index in [0.29, 0.717) is 11.1 Å². The number of rotatable bonds is 4. The molecule has 0 spiro atoms. The molecule has 0 saturated heterocycles. The van der Waals surface area contributed by atoms with Crippen LogP contribution in [0, 0.1) is 10.8 Å². The molecule has 0 amide bonds. The fourth-order valence-electron chi connectivity index (χ4n) is 1.73. The van der Waals surface area contributed by atoms with Crippen LogP contribution in [-0.2, 0) is 0 Å². The second-order valence-electron chi connectivity index (χ2n) is 3.63. The average molecular weight is 151 g/mol. The summed E-state index contributed by atoms with van der Waals surface area (Å²) < 4.78 is 0. The highest BCUT2D eigenvalue weighted by atomic mass is 14.5. The second-order valence-corrected chi connectivity index (χ2v) is 3.63. The van der Waals surface area contributed by atoms with Gasteiger partial charge in [-0.15, -0.1) is 0 Å². The molecule has 0 aromatic heterocycles. The van der Waals surface area contributed by atoms with Crippen molar-refractivity contribution in [3.8, 4) is 0 Å². The summed E-state index contributed by atoms with van der Waals surface area (Å²) >= 11 is 0. The van der Waals surface area contributed by atoms with Crippen molar-refractivity contribution in [2.45, 2.75) is 39.5 Å². The molecule has 1 N–H and O–H groups in total. The van der Waals surface area contributed by atoms with Crippen molar-refractivity contribution in [1.82, 2.24) is 0 Å². The molecule has 1 saturated carbocycles. The van der Waals surface area contributed by atoms with Gasteiger partial charge in [0.05, 0.1) is 0 Å². The van der Waals surface area contributed by atoms with Gasteiger partial charge in [0, 0.05) is 5.71 Å². The maximum atomic E-state index is 7.47. The van der Waals surface area contributed by atoms with E-state index in [2.05, 4.69) is 13.5 Å². The second kappa shape index (κ2) is 2.80. The average Bonchev–Trinajstić information content (AvgIpc) is 2.69. The van der Waals surface area contributed by atoms with Crippen LogP contribution in [0.2, 0.25) is 0 Å². The van der Waals surface area contributed by atoms with Crippen LogP contribution < -0.4 is 0 Å². The van der Waals surface area contributed by atoms with Gasteiger partial charge in [-0.3, -0.25) is 0 Å². The molecule has 1 aliphatic carbocycles. The number of hydrogen-bond acceptors (Lipinski definition) is 1. The first kappa shape index (κ1) is 8.51. The van der Waals surface area contributed by atoms with Gasteiger partial charge in [0.2, 0.25) is 0 Å². The zero-order valence-electron chi connectivity index (χ0n) is 7.54. The Hall–Kier alpha value is -0.590. The predicted octanol–water partition coefficient (Wildman–Crippen LogP) is 3.16. The maximum Gasteiger partial charge on any atom is 0.0314 e. The van der Waals surface area contributed by atoms with E-state index in [0.717, 1.165) is 5.57 Å². The van der Waals surface area contributed by atoms with Crippen molar-refractivity contribution in [2.75, 3.05) is 0 Å². The Balaban J connectivity index is 2.58. The molecule has 0 heterocycles. The van der Waals surface area contributed by atoms with Gasteiger partial charge < -0.3 is 5.41 Å². The summed E-state index contributed by atoms with van der Waals surface area (Å²) in [7, 11) is 0. The molecule has 0 aromatic carbocycles. The molecule has 1 heteroatoms. The molecule has 11 heavy (non-hydrogen) atoms. The van der Waals surface area contributed by atoms with E-state index in [4.69, 9.17) is 5.41 Å². The van der Waals surface area contributed by atoms with E-state index in [9.17, 15) is 0 Å². The minimum Gasteiger partial charge on any atom is -0.305 e. The van der Waals surface area contributed by atoms with E-state index in [1.807, 2.05) is 6.92 Å². The molecule has 0 atom stereocenters. The quantitative estimate of drug-likeness (QED) is 0.597. The topological polar surface area (TPSA) is 23.9 Å². The van der Waals surface area contributed by atoms with E-state index < -0.39 is 0 Å². The minimum absolute atomic E-state index is 0.362. The fraction of sp³-hybridized carbons (Fsp3) is 0.700. The van der Waals surface area contributed by atoms with Crippen LogP contribution in [0.5, 0.6) is 0 Å². The first-order chi connectivity index (χ1) is 5.12. The lowest BCUT2D eigenvalue weighted by molar-refractivity contribution is 0.557. The summed E-state index contributed by atoms with van der Waals surface area (Å²) in [5.41, 5.74) is 2.12. The maximum absolute atomic E-state index is 7.47. The monoisotopic (exact) mass is 151 g/mol. The Kier molecular flexibility index (Phi) is 2.17. The smallest absolute Gasteiger partial charge is 0.0314 e. The fourth-order valence-corrected chi connectivity index (χ4v) is 1.73. The van der Waals surface area contributed by atoms with Gasteiger partial charge in [-0.2, -0.15) is 0 Å². The van der Waals surface area contributed by atoms with Crippen LogP contribution in [0.1, 0.15) is 39.5 Å². The number of hydrogen-bond donors (Lipinski definition) is 1. The van der Waals surface area contributed by atoms with Gasteiger partial charge in [0.1, 0.15) is 0 Å². The summed E-state index contributed by atoms with van der Waals surface area (Å²) in [5.74, 6) is 0. The molecule has 62 valence electrons. The third-order valence-corrected chi connectivity index (χ3v) is 2.67. The van der Waals surface area contributed by atoms with Gasteiger partial charge in [0.25, 0.3) is 0 Å². The lowest BCUT2D eigenvalue weighted by Gasteiger charge is -2.15. The van der Waals surface area contributed by atoms with Crippen LogP contribution in [0.15, 0.2) is 12.2 Å². The molecule has 1 rings (SSSR count). The van der Waals surface area contributed by atoms with Crippen LogP contribution in [-0.4, -0.2) is 5.71 Å². The van der Waals surface area contributed by atoms with Crippen molar-refractivity contribution in [3.05, 3.63) is 12.2 Å². The third kappa shape index (κ3) is 1.52. The third-order valence-electron chi connectivity index (χ3n) is 2.67. The Labute approximate surface area is 69.0 Å². The molecule has 0 aromatic rings. The van der Waals surface area contributed by atoms with Gasteiger partial charge in [-0.1, -0.05) is 19.9 Å². The van der Waals surface area contributed by atoms with Gasteiger partial charge >= 0.3 is 0 Å². The molecule has 0 bridgehead atoms. The molecule has 1 nitrogen and oxygen atoms in total. The van der Waals surface area contributed by atoms with E-state index in [-0.39, 0.29) is 0 Å². The molecule has 1 fully saturated rings. The summed E-state index contributed by atoms with van der Waals surface area (Å²) in [4.78, 5) is 0. The molecule has 0 aliphatic heterocycles. The Morgan fingerprint density at radius 2 is 2.09 bits per heavy atom.